The molecular weight excluding hydrogens is 327 g/mol. The third-order valence-electron chi connectivity index (χ3n) is 3.08. The fourth-order valence-corrected chi connectivity index (χ4v) is 2.09. The average Bonchev–Trinajstić information content (AvgIpc) is 2.35. The Morgan fingerprint density at radius 3 is 2.29 bits per heavy atom. The molecule has 0 aliphatic rings. The Kier molecular flexibility index (Phi) is 5.99. The molecule has 0 fully saturated rings. The summed E-state index contributed by atoms with van der Waals surface area (Å²) in [5.41, 5.74) is 4.19. The van der Waals surface area contributed by atoms with Gasteiger partial charge in [0.1, 0.15) is 5.60 Å². The van der Waals surface area contributed by atoms with Gasteiger partial charge in [-0.1, -0.05) is 18.2 Å². The summed E-state index contributed by atoms with van der Waals surface area (Å²) in [5, 5.41) is 9.21. The van der Waals surface area contributed by atoms with Gasteiger partial charge < -0.3 is 15.6 Å². The summed E-state index contributed by atoms with van der Waals surface area (Å²) in [7, 11) is 0. The maximum atomic E-state index is 12.7. The first-order chi connectivity index (χ1) is 10.8. The summed E-state index contributed by atoms with van der Waals surface area (Å²) >= 11 is 0. The van der Waals surface area contributed by atoms with Crippen LogP contribution >= 0.6 is 0 Å². The monoisotopic (exact) mass is 347 g/mol. The largest absolute Gasteiger partial charge is 0.481 e. The number of esters is 1. The summed E-state index contributed by atoms with van der Waals surface area (Å²) in [4.78, 5) is 23.3. The van der Waals surface area contributed by atoms with Crippen molar-refractivity contribution in [3.05, 3.63) is 35.4 Å². The molecule has 1 aromatic rings. The van der Waals surface area contributed by atoms with Gasteiger partial charge in [0.05, 0.1) is 5.56 Å². The minimum atomic E-state index is -4.52. The van der Waals surface area contributed by atoms with E-state index in [1.54, 1.807) is 20.8 Å². The van der Waals surface area contributed by atoms with Crippen molar-refractivity contribution in [3.8, 4) is 0 Å². The Morgan fingerprint density at radius 2 is 1.83 bits per heavy atom. The van der Waals surface area contributed by atoms with Crippen LogP contribution in [0.1, 0.15) is 31.9 Å². The number of benzene rings is 1. The number of nitrogens with two attached hydrogens (primary N) is 1. The Hall–Kier alpha value is -2.09. The number of aliphatic carboxylic acids is 1. The molecule has 5 nitrogen and oxygen atoms in total. The molecule has 0 radical (unpaired) electrons. The van der Waals surface area contributed by atoms with Crippen LogP contribution in [0.3, 0.4) is 0 Å². The van der Waals surface area contributed by atoms with Crippen LogP contribution in [0.15, 0.2) is 24.3 Å². The van der Waals surface area contributed by atoms with Gasteiger partial charge in [0.2, 0.25) is 0 Å². The lowest BCUT2D eigenvalue weighted by Gasteiger charge is -2.25. The topological polar surface area (TPSA) is 89.6 Å². The third-order valence-corrected chi connectivity index (χ3v) is 3.08. The number of hydrogen-bond donors (Lipinski definition) is 2. The molecule has 0 spiro atoms. The number of alkyl halides is 3. The van der Waals surface area contributed by atoms with Crippen molar-refractivity contribution >= 4 is 11.9 Å². The molecule has 2 unspecified atom stereocenters. The first-order valence-electron chi connectivity index (χ1n) is 7.18. The molecule has 0 amide bonds. The smallest absolute Gasteiger partial charge is 0.416 e. The minimum absolute atomic E-state index is 0.187. The van der Waals surface area contributed by atoms with Crippen LogP contribution < -0.4 is 5.73 Å². The van der Waals surface area contributed by atoms with Gasteiger partial charge in [-0.3, -0.25) is 9.59 Å². The van der Waals surface area contributed by atoms with E-state index in [2.05, 4.69) is 0 Å². The SMILES string of the molecule is CC(C)(C)OC(=O)C(C(=O)O)C(N)Cc1cccc(C(F)(F)F)c1. The fourth-order valence-electron chi connectivity index (χ4n) is 2.09. The number of carbonyl (C=O) groups is 2. The molecular formula is C16H20F3NO4. The predicted octanol–water partition coefficient (Wildman–Crippen LogP) is 2.62. The Morgan fingerprint density at radius 1 is 1.25 bits per heavy atom. The highest BCUT2D eigenvalue weighted by atomic mass is 19.4. The van der Waals surface area contributed by atoms with Gasteiger partial charge in [-0.15, -0.1) is 0 Å². The molecule has 24 heavy (non-hydrogen) atoms. The lowest BCUT2D eigenvalue weighted by Crippen LogP contribution is -2.45. The van der Waals surface area contributed by atoms with Crippen molar-refractivity contribution in [2.45, 2.75) is 45.0 Å². The number of halogens is 3. The Balaban J connectivity index is 2.96. The van der Waals surface area contributed by atoms with Crippen molar-refractivity contribution in [2.75, 3.05) is 0 Å². The molecule has 2 atom stereocenters. The van der Waals surface area contributed by atoms with E-state index in [1.807, 2.05) is 0 Å². The second-order valence-corrected chi connectivity index (χ2v) is 6.42. The average molecular weight is 347 g/mol. The van der Waals surface area contributed by atoms with Crippen LogP contribution in [-0.4, -0.2) is 28.7 Å². The normalized spacial score (nSPS) is 14.8. The Labute approximate surface area is 137 Å². The van der Waals surface area contributed by atoms with Crippen LogP contribution in [0, 0.1) is 5.92 Å². The van der Waals surface area contributed by atoms with Crippen LogP contribution in [0.5, 0.6) is 0 Å². The molecule has 0 heterocycles. The highest BCUT2D eigenvalue weighted by Gasteiger charge is 2.37. The van der Waals surface area contributed by atoms with E-state index < -0.39 is 41.2 Å². The number of hydrogen-bond acceptors (Lipinski definition) is 4. The molecule has 0 aliphatic carbocycles. The zero-order valence-corrected chi connectivity index (χ0v) is 13.6. The van der Waals surface area contributed by atoms with E-state index in [1.165, 1.54) is 12.1 Å². The molecule has 0 aromatic heterocycles. The predicted molar refractivity (Wildman–Crippen MR) is 80.1 cm³/mol. The van der Waals surface area contributed by atoms with E-state index in [-0.39, 0.29) is 12.0 Å². The van der Waals surface area contributed by atoms with Crippen molar-refractivity contribution < 1.29 is 32.6 Å². The van der Waals surface area contributed by atoms with Gasteiger partial charge in [-0.2, -0.15) is 13.2 Å². The van der Waals surface area contributed by atoms with Crippen LogP contribution in [0.25, 0.3) is 0 Å². The van der Waals surface area contributed by atoms with Crippen molar-refractivity contribution in [2.24, 2.45) is 11.7 Å². The molecule has 134 valence electrons. The number of carboxylic acids is 1. The molecule has 0 saturated heterocycles. The maximum Gasteiger partial charge on any atom is 0.416 e. The van der Waals surface area contributed by atoms with E-state index in [4.69, 9.17) is 10.5 Å². The lowest BCUT2D eigenvalue weighted by molar-refractivity contribution is -0.167. The van der Waals surface area contributed by atoms with Crippen LogP contribution in [-0.2, 0) is 26.9 Å². The molecule has 0 bridgehead atoms. The standard InChI is InChI=1S/C16H20F3NO4/c1-15(2,3)24-14(23)12(13(21)22)11(20)8-9-5-4-6-10(7-9)16(17,18)19/h4-7,11-12H,8,20H2,1-3H3,(H,21,22). The quantitative estimate of drug-likeness (QED) is 0.631. The highest BCUT2D eigenvalue weighted by molar-refractivity contribution is 5.95. The van der Waals surface area contributed by atoms with Gasteiger partial charge in [-0.25, -0.2) is 0 Å². The molecule has 0 aliphatic heterocycles. The van der Waals surface area contributed by atoms with Crippen molar-refractivity contribution in [3.63, 3.8) is 0 Å². The lowest BCUT2D eigenvalue weighted by atomic mass is 9.93. The molecule has 1 rings (SSSR count). The number of ether oxygens (including phenoxy) is 1. The molecule has 8 heteroatoms. The van der Waals surface area contributed by atoms with Gasteiger partial charge >= 0.3 is 18.1 Å². The van der Waals surface area contributed by atoms with Crippen LogP contribution in [0.4, 0.5) is 13.2 Å². The fraction of sp³-hybridized carbons (Fsp3) is 0.500. The van der Waals surface area contributed by atoms with Gasteiger partial charge in [0, 0.05) is 6.04 Å². The molecule has 0 saturated carbocycles. The highest BCUT2D eigenvalue weighted by Crippen LogP contribution is 2.30. The van der Waals surface area contributed by atoms with Gasteiger partial charge in [0.25, 0.3) is 0 Å². The summed E-state index contributed by atoms with van der Waals surface area (Å²) in [6, 6.07) is 3.16. The van der Waals surface area contributed by atoms with Crippen molar-refractivity contribution in [1.82, 2.24) is 0 Å². The number of rotatable bonds is 5. The van der Waals surface area contributed by atoms with Gasteiger partial charge in [0.15, 0.2) is 5.92 Å². The number of carboxylic acid groups (broad SMARTS) is 1. The first-order valence-corrected chi connectivity index (χ1v) is 7.18. The first kappa shape index (κ1) is 20.0. The zero-order chi connectivity index (χ0) is 18.7. The van der Waals surface area contributed by atoms with E-state index in [0.29, 0.717) is 0 Å². The molecule has 3 N–H and O–H groups in total. The summed E-state index contributed by atoms with van der Waals surface area (Å²) in [6.07, 6.45) is -4.72. The second-order valence-electron chi connectivity index (χ2n) is 6.42. The zero-order valence-electron chi connectivity index (χ0n) is 13.6. The molecule has 1 aromatic carbocycles. The maximum absolute atomic E-state index is 12.7. The van der Waals surface area contributed by atoms with Crippen molar-refractivity contribution in [1.29, 1.82) is 0 Å². The summed E-state index contributed by atoms with van der Waals surface area (Å²) < 4.78 is 43.1. The number of carbonyl (C=O) groups excluding carboxylic acids is 1. The third kappa shape index (κ3) is 5.84. The van der Waals surface area contributed by atoms with E-state index in [9.17, 15) is 27.9 Å². The summed E-state index contributed by atoms with van der Waals surface area (Å²) in [5.74, 6) is -4.17. The van der Waals surface area contributed by atoms with Crippen LogP contribution in [0.2, 0.25) is 0 Å². The second kappa shape index (κ2) is 7.21. The van der Waals surface area contributed by atoms with Gasteiger partial charge in [-0.05, 0) is 38.8 Å². The minimum Gasteiger partial charge on any atom is -0.481 e. The van der Waals surface area contributed by atoms with E-state index >= 15 is 0 Å². The summed E-state index contributed by atoms with van der Waals surface area (Å²) in [6.45, 7) is 4.71. The Bertz CT molecular complexity index is 608. The van der Waals surface area contributed by atoms with E-state index in [0.717, 1.165) is 12.1 Å².